The second-order valence-corrected chi connectivity index (χ2v) is 3.29. The molecule has 0 bridgehead atoms. The minimum Gasteiger partial charge on any atom is -0.369 e. The molecule has 0 fully saturated rings. The molecule has 0 aliphatic heterocycles. The van der Waals surface area contributed by atoms with Crippen LogP contribution in [0.15, 0.2) is 4.99 Å². The van der Waals surface area contributed by atoms with Gasteiger partial charge >= 0.3 is 0 Å². The zero-order valence-corrected chi connectivity index (χ0v) is 8.54. The number of hydrogen-bond donors (Lipinski definition) is 3. The van der Waals surface area contributed by atoms with Crippen molar-refractivity contribution < 1.29 is 0 Å². The number of hydrogen-bond acceptors (Lipinski definition) is 1. The topological polar surface area (TPSA) is 91.5 Å². The summed E-state index contributed by atoms with van der Waals surface area (Å²) in [5.74, 6) is 0.587. The summed E-state index contributed by atoms with van der Waals surface area (Å²) in [4.78, 5) is 5.58. The summed E-state index contributed by atoms with van der Waals surface area (Å²) in [5.41, 5.74) is 10.7. The summed E-state index contributed by atoms with van der Waals surface area (Å²) >= 11 is 0. The third-order valence-electron chi connectivity index (χ3n) is 1.53. The van der Waals surface area contributed by atoms with Crippen molar-refractivity contribution in [2.75, 3.05) is 13.1 Å². The van der Waals surface area contributed by atoms with E-state index in [0.29, 0.717) is 11.9 Å². The van der Waals surface area contributed by atoms with Crippen molar-refractivity contribution >= 4 is 11.9 Å². The smallest absolute Gasteiger partial charge is 0.215 e. The molecule has 0 aliphatic rings. The Morgan fingerprint density at radius 3 is 2.31 bits per heavy atom. The molecule has 0 saturated carbocycles. The van der Waals surface area contributed by atoms with Crippen LogP contribution < -0.4 is 11.5 Å². The highest BCUT2D eigenvalue weighted by molar-refractivity contribution is 5.91. The van der Waals surface area contributed by atoms with Gasteiger partial charge in [0.25, 0.3) is 0 Å². The van der Waals surface area contributed by atoms with Gasteiger partial charge in [-0.2, -0.15) is 4.99 Å². The maximum absolute atomic E-state index is 6.96. The molecule has 0 aromatic carbocycles. The van der Waals surface area contributed by atoms with Crippen LogP contribution in [0.25, 0.3) is 0 Å². The van der Waals surface area contributed by atoms with E-state index >= 15 is 0 Å². The van der Waals surface area contributed by atoms with E-state index < -0.39 is 0 Å². The Hall–Kier alpha value is -1.26. The van der Waals surface area contributed by atoms with Crippen LogP contribution >= 0.6 is 0 Å². The summed E-state index contributed by atoms with van der Waals surface area (Å²) in [7, 11) is 0. The largest absolute Gasteiger partial charge is 0.369 e. The van der Waals surface area contributed by atoms with Crippen LogP contribution in [0.3, 0.4) is 0 Å². The lowest BCUT2D eigenvalue weighted by Gasteiger charge is -2.23. The Morgan fingerprint density at radius 1 is 1.46 bits per heavy atom. The van der Waals surface area contributed by atoms with Crippen LogP contribution in [0.5, 0.6) is 0 Å². The summed E-state index contributed by atoms with van der Waals surface area (Å²) < 4.78 is 0. The number of nitrogens with zero attached hydrogens (tertiary/aromatic N) is 2. The van der Waals surface area contributed by atoms with Gasteiger partial charge in [-0.3, -0.25) is 5.41 Å². The van der Waals surface area contributed by atoms with Gasteiger partial charge in [0.05, 0.1) is 0 Å². The predicted octanol–water partition coefficient (Wildman–Crippen LogP) is 0.172. The molecule has 76 valence electrons. The number of nitrogens with one attached hydrogen (secondary N) is 1. The van der Waals surface area contributed by atoms with Crippen molar-refractivity contribution in [1.82, 2.24) is 4.90 Å². The van der Waals surface area contributed by atoms with Crippen molar-refractivity contribution in [3.05, 3.63) is 0 Å². The van der Waals surface area contributed by atoms with Crippen molar-refractivity contribution in [2.24, 2.45) is 22.4 Å². The van der Waals surface area contributed by atoms with Crippen LogP contribution in [-0.2, 0) is 0 Å². The first-order valence-corrected chi connectivity index (χ1v) is 4.40. The van der Waals surface area contributed by atoms with Crippen LogP contribution in [-0.4, -0.2) is 29.9 Å². The van der Waals surface area contributed by atoms with Crippen molar-refractivity contribution in [3.8, 4) is 0 Å². The maximum atomic E-state index is 6.96. The standard InChI is InChI=1S/C8H19N5/c1-4-13(5-6(2)3)8(11)12-7(9)10/h6H,4-5H2,1-3H3,(H5,9,10,11,12). The van der Waals surface area contributed by atoms with Gasteiger partial charge in [0.15, 0.2) is 5.96 Å². The molecule has 5 heteroatoms. The van der Waals surface area contributed by atoms with E-state index in [4.69, 9.17) is 16.9 Å². The Morgan fingerprint density at radius 2 is 2.00 bits per heavy atom. The van der Waals surface area contributed by atoms with Gasteiger partial charge < -0.3 is 16.4 Å². The van der Waals surface area contributed by atoms with Gasteiger partial charge in [-0.05, 0) is 12.8 Å². The first-order chi connectivity index (χ1) is 5.97. The molecule has 0 radical (unpaired) electrons. The lowest BCUT2D eigenvalue weighted by atomic mass is 10.2. The van der Waals surface area contributed by atoms with Crippen LogP contribution in [0.2, 0.25) is 0 Å². The minimum absolute atomic E-state index is 0.250. The van der Waals surface area contributed by atoms with Crippen LogP contribution in [0.1, 0.15) is 20.8 Å². The molecule has 0 atom stereocenters. The molecule has 13 heavy (non-hydrogen) atoms. The average Bonchev–Trinajstić information content (AvgIpc) is 1.98. The summed E-state index contributed by atoms with van der Waals surface area (Å²) in [5, 5.41) is 6.96. The second kappa shape index (κ2) is 5.40. The van der Waals surface area contributed by atoms with Crippen molar-refractivity contribution in [3.63, 3.8) is 0 Å². The van der Waals surface area contributed by atoms with E-state index in [1.807, 2.05) is 11.8 Å². The fraction of sp³-hybridized carbons (Fsp3) is 0.750. The number of nitrogens with two attached hydrogens (primary N) is 2. The minimum atomic E-state index is -0.250. The molecule has 0 rings (SSSR count). The highest BCUT2D eigenvalue weighted by Gasteiger charge is 2.07. The zero-order valence-electron chi connectivity index (χ0n) is 8.54. The van der Waals surface area contributed by atoms with E-state index in [-0.39, 0.29) is 5.96 Å². The summed E-state index contributed by atoms with van der Waals surface area (Å²) in [6, 6.07) is 0. The van der Waals surface area contributed by atoms with E-state index in [0.717, 1.165) is 13.1 Å². The molecule has 5 N–H and O–H groups in total. The molecule has 0 saturated heterocycles. The Bertz CT molecular complexity index is 197. The fourth-order valence-corrected chi connectivity index (χ4v) is 1.02. The predicted molar refractivity (Wildman–Crippen MR) is 55.6 cm³/mol. The first-order valence-electron chi connectivity index (χ1n) is 4.40. The van der Waals surface area contributed by atoms with Gasteiger partial charge in [0.1, 0.15) is 0 Å². The van der Waals surface area contributed by atoms with Crippen LogP contribution in [0, 0.1) is 11.3 Å². The van der Waals surface area contributed by atoms with E-state index in [1.54, 1.807) is 0 Å². The third-order valence-corrected chi connectivity index (χ3v) is 1.53. The summed E-state index contributed by atoms with van der Waals surface area (Å²) in [6.45, 7) is 7.80. The van der Waals surface area contributed by atoms with E-state index in [2.05, 4.69) is 18.8 Å². The van der Waals surface area contributed by atoms with E-state index in [9.17, 15) is 0 Å². The number of rotatable bonds is 3. The molecular formula is C8H19N5. The Labute approximate surface area is 79.3 Å². The molecule has 0 aromatic heterocycles. The maximum Gasteiger partial charge on any atom is 0.215 e. The monoisotopic (exact) mass is 185 g/mol. The third kappa shape index (κ3) is 5.05. The molecule has 0 aromatic rings. The molecule has 0 amide bonds. The molecule has 0 spiro atoms. The molecular weight excluding hydrogens is 166 g/mol. The van der Waals surface area contributed by atoms with Gasteiger partial charge in [0, 0.05) is 13.1 Å². The number of guanidine groups is 2. The Balaban J connectivity index is 4.30. The lowest BCUT2D eigenvalue weighted by molar-refractivity contribution is 0.378. The Kier molecular flexibility index (Phi) is 4.87. The highest BCUT2D eigenvalue weighted by atomic mass is 15.3. The SMILES string of the molecule is CCN(CC(C)C)/C(N)=N/C(=N)N. The summed E-state index contributed by atoms with van der Waals surface area (Å²) in [6.07, 6.45) is 0. The van der Waals surface area contributed by atoms with E-state index in [1.165, 1.54) is 0 Å². The lowest BCUT2D eigenvalue weighted by Crippen LogP contribution is -2.40. The first kappa shape index (κ1) is 11.7. The molecule has 0 heterocycles. The second-order valence-electron chi connectivity index (χ2n) is 3.29. The normalized spacial score (nSPS) is 11.8. The molecule has 0 unspecified atom stereocenters. The number of aliphatic imine (C=N–C) groups is 1. The van der Waals surface area contributed by atoms with Gasteiger partial charge in [-0.25, -0.2) is 0 Å². The average molecular weight is 185 g/mol. The quantitative estimate of drug-likeness (QED) is 0.432. The van der Waals surface area contributed by atoms with Gasteiger partial charge in [0.2, 0.25) is 5.96 Å². The van der Waals surface area contributed by atoms with Gasteiger partial charge in [-0.1, -0.05) is 13.8 Å². The zero-order chi connectivity index (χ0) is 10.4. The van der Waals surface area contributed by atoms with Crippen molar-refractivity contribution in [1.29, 1.82) is 5.41 Å². The fourth-order valence-electron chi connectivity index (χ4n) is 1.02. The molecule has 5 nitrogen and oxygen atoms in total. The van der Waals surface area contributed by atoms with Crippen molar-refractivity contribution in [2.45, 2.75) is 20.8 Å². The molecule has 0 aliphatic carbocycles. The van der Waals surface area contributed by atoms with Crippen LogP contribution in [0.4, 0.5) is 0 Å². The highest BCUT2D eigenvalue weighted by Crippen LogP contribution is 1.97. The van der Waals surface area contributed by atoms with Gasteiger partial charge in [-0.15, -0.1) is 0 Å².